The highest BCUT2D eigenvalue weighted by atomic mass is 79.9. The summed E-state index contributed by atoms with van der Waals surface area (Å²) in [6.07, 6.45) is 0.248. The molecule has 1 aromatic carbocycles. The van der Waals surface area contributed by atoms with Crippen molar-refractivity contribution >= 4 is 33.6 Å². The monoisotopic (exact) mass is 434 g/mol. The van der Waals surface area contributed by atoms with E-state index in [1.165, 1.54) is 0 Å². The van der Waals surface area contributed by atoms with Crippen molar-refractivity contribution in [3.63, 3.8) is 0 Å². The second-order valence-corrected chi connectivity index (χ2v) is 8.43. The number of hydrogen-bond donors (Lipinski definition) is 1. The van der Waals surface area contributed by atoms with Crippen LogP contribution in [0.3, 0.4) is 0 Å². The predicted molar refractivity (Wildman–Crippen MR) is 106 cm³/mol. The van der Waals surface area contributed by atoms with Crippen LogP contribution in [0.2, 0.25) is 0 Å². The third-order valence-corrected chi connectivity index (χ3v) is 4.68. The van der Waals surface area contributed by atoms with Crippen LogP contribution >= 0.6 is 15.9 Å². The maximum Gasteiger partial charge on any atom is 0.410 e. The Kier molecular flexibility index (Phi) is 5.28. The number of rotatable bonds is 2. The zero-order valence-corrected chi connectivity index (χ0v) is 17.5. The first-order valence-electron chi connectivity index (χ1n) is 8.73. The molecule has 0 saturated carbocycles. The zero-order valence-electron chi connectivity index (χ0n) is 15.9. The Morgan fingerprint density at radius 1 is 1.30 bits per heavy atom. The average Bonchev–Trinajstić information content (AvgIpc) is 2.90. The van der Waals surface area contributed by atoms with Gasteiger partial charge in [0.15, 0.2) is 5.69 Å². The highest BCUT2D eigenvalue weighted by molar-refractivity contribution is 9.10. The van der Waals surface area contributed by atoms with Crippen molar-refractivity contribution in [2.45, 2.75) is 39.3 Å². The number of halogens is 1. The van der Waals surface area contributed by atoms with Gasteiger partial charge in [0.25, 0.3) is 5.91 Å². The Balaban J connectivity index is 1.81. The van der Waals surface area contributed by atoms with Crippen molar-refractivity contribution in [1.29, 1.82) is 0 Å². The number of aromatic nitrogens is 2. The number of nitrogens with zero attached hydrogens (tertiary/aromatic N) is 3. The lowest BCUT2D eigenvalue weighted by molar-refractivity contribution is 0.0222. The van der Waals surface area contributed by atoms with Gasteiger partial charge in [-0.2, -0.15) is 5.10 Å². The molecule has 0 aliphatic carbocycles. The number of hydrogen-bond acceptors (Lipinski definition) is 4. The first-order chi connectivity index (χ1) is 12.6. The standard InChI is InChI=1S/C19H23BrN4O3/c1-19(2,3)27-18(26)24-9-8-15-14(11-24)16(22-23(15)4)17(25)21-13-7-5-6-12(20)10-13/h5-7,10H,8-9,11H2,1-4H3,(H,21,25). The molecule has 144 valence electrons. The van der Waals surface area contributed by atoms with Crippen LogP contribution in [0.4, 0.5) is 10.5 Å². The molecule has 8 heteroatoms. The summed E-state index contributed by atoms with van der Waals surface area (Å²) in [5.41, 5.74) is 2.18. The summed E-state index contributed by atoms with van der Waals surface area (Å²) in [5, 5.41) is 7.26. The molecule has 0 saturated heterocycles. The summed E-state index contributed by atoms with van der Waals surface area (Å²) in [7, 11) is 1.82. The molecular weight excluding hydrogens is 412 g/mol. The molecule has 0 unspecified atom stereocenters. The normalized spacial score (nSPS) is 13.9. The lowest BCUT2D eigenvalue weighted by atomic mass is 10.0. The topological polar surface area (TPSA) is 76.5 Å². The molecule has 0 atom stereocenters. The molecule has 3 rings (SSSR count). The van der Waals surface area contributed by atoms with Gasteiger partial charge >= 0.3 is 6.09 Å². The number of amides is 2. The van der Waals surface area contributed by atoms with Gasteiger partial charge in [-0.25, -0.2) is 4.79 Å². The Hall–Kier alpha value is -2.35. The molecule has 1 aliphatic heterocycles. The second-order valence-electron chi connectivity index (χ2n) is 7.51. The van der Waals surface area contributed by atoms with E-state index in [1.54, 1.807) is 9.58 Å². The van der Waals surface area contributed by atoms with Crippen molar-refractivity contribution in [2.24, 2.45) is 7.05 Å². The maximum absolute atomic E-state index is 12.8. The molecular formula is C19H23BrN4O3. The maximum atomic E-state index is 12.8. The van der Waals surface area contributed by atoms with Gasteiger partial charge in [-0.3, -0.25) is 9.48 Å². The van der Waals surface area contributed by atoms with Crippen LogP contribution in [0.15, 0.2) is 28.7 Å². The third-order valence-electron chi connectivity index (χ3n) is 4.19. The molecule has 1 aromatic heterocycles. The summed E-state index contributed by atoms with van der Waals surface area (Å²) in [6.45, 7) is 6.34. The minimum Gasteiger partial charge on any atom is -0.444 e. The van der Waals surface area contributed by atoms with Gasteiger partial charge in [-0.15, -0.1) is 0 Å². The average molecular weight is 435 g/mol. The molecule has 1 aliphatic rings. The quantitative estimate of drug-likeness (QED) is 0.780. The Bertz CT molecular complexity index is 886. The van der Waals surface area contributed by atoms with Crippen LogP contribution < -0.4 is 5.32 Å². The third kappa shape index (κ3) is 4.50. The van der Waals surface area contributed by atoms with Gasteiger partial charge in [0.05, 0.1) is 6.54 Å². The van der Waals surface area contributed by atoms with Gasteiger partial charge in [-0.05, 0) is 39.0 Å². The molecule has 0 spiro atoms. The van der Waals surface area contributed by atoms with Crippen LogP contribution in [0, 0.1) is 0 Å². The largest absolute Gasteiger partial charge is 0.444 e. The molecule has 2 amide bonds. The number of carbonyl (C=O) groups is 2. The lowest BCUT2D eigenvalue weighted by Crippen LogP contribution is -2.40. The van der Waals surface area contributed by atoms with Crippen LogP contribution in [0.1, 0.15) is 42.5 Å². The van der Waals surface area contributed by atoms with E-state index in [4.69, 9.17) is 4.74 Å². The van der Waals surface area contributed by atoms with E-state index in [-0.39, 0.29) is 12.0 Å². The van der Waals surface area contributed by atoms with Gasteiger partial charge in [0, 0.05) is 41.4 Å². The molecule has 27 heavy (non-hydrogen) atoms. The first-order valence-corrected chi connectivity index (χ1v) is 9.53. The SMILES string of the molecule is Cn1nc(C(=O)Nc2cccc(Br)c2)c2c1CCN(C(=O)OC(C)(C)C)C2. The van der Waals surface area contributed by atoms with E-state index in [2.05, 4.69) is 26.3 Å². The number of carbonyl (C=O) groups excluding carboxylic acids is 2. The van der Waals surface area contributed by atoms with Crippen LogP contribution in [-0.4, -0.2) is 38.8 Å². The zero-order chi connectivity index (χ0) is 19.8. The van der Waals surface area contributed by atoms with Crippen LogP contribution in [0.25, 0.3) is 0 Å². The Morgan fingerprint density at radius 2 is 2.04 bits per heavy atom. The number of ether oxygens (including phenoxy) is 1. The first kappa shape index (κ1) is 19.4. The molecule has 0 radical (unpaired) electrons. The highest BCUT2D eigenvalue weighted by Crippen LogP contribution is 2.25. The van der Waals surface area contributed by atoms with E-state index in [1.807, 2.05) is 52.1 Å². The van der Waals surface area contributed by atoms with E-state index in [0.717, 1.165) is 15.7 Å². The highest BCUT2D eigenvalue weighted by Gasteiger charge is 2.31. The van der Waals surface area contributed by atoms with Gasteiger partial charge in [-0.1, -0.05) is 22.0 Å². The number of benzene rings is 1. The number of nitrogens with one attached hydrogen (secondary N) is 1. The summed E-state index contributed by atoms with van der Waals surface area (Å²) in [6, 6.07) is 7.36. The Morgan fingerprint density at radius 3 is 2.70 bits per heavy atom. The van der Waals surface area contributed by atoms with Crippen molar-refractivity contribution in [1.82, 2.24) is 14.7 Å². The van der Waals surface area contributed by atoms with E-state index < -0.39 is 5.60 Å². The minimum atomic E-state index is -0.562. The summed E-state index contributed by atoms with van der Waals surface area (Å²) < 4.78 is 8.06. The van der Waals surface area contributed by atoms with E-state index in [0.29, 0.717) is 30.9 Å². The smallest absolute Gasteiger partial charge is 0.410 e. The molecule has 0 fully saturated rings. The summed E-state index contributed by atoms with van der Waals surface area (Å²) in [5.74, 6) is -0.295. The molecule has 2 aromatic rings. The number of fused-ring (bicyclic) bond motifs is 1. The van der Waals surface area contributed by atoms with Crippen LogP contribution in [0.5, 0.6) is 0 Å². The fraction of sp³-hybridized carbons (Fsp3) is 0.421. The van der Waals surface area contributed by atoms with Crippen molar-refractivity contribution in [2.75, 3.05) is 11.9 Å². The van der Waals surface area contributed by atoms with Gasteiger partial charge in [0.2, 0.25) is 0 Å². The van der Waals surface area contributed by atoms with Crippen molar-refractivity contribution < 1.29 is 14.3 Å². The van der Waals surface area contributed by atoms with E-state index >= 15 is 0 Å². The van der Waals surface area contributed by atoms with Gasteiger partial charge < -0.3 is 15.0 Å². The fourth-order valence-electron chi connectivity index (χ4n) is 3.01. The summed E-state index contributed by atoms with van der Waals surface area (Å²) >= 11 is 3.39. The molecule has 0 bridgehead atoms. The molecule has 1 N–H and O–H groups in total. The molecule has 7 nitrogen and oxygen atoms in total. The fourth-order valence-corrected chi connectivity index (χ4v) is 3.41. The second kappa shape index (κ2) is 7.34. The van der Waals surface area contributed by atoms with Crippen molar-refractivity contribution in [3.05, 3.63) is 45.7 Å². The number of aryl methyl sites for hydroxylation is 1. The summed E-state index contributed by atoms with van der Waals surface area (Å²) in [4.78, 5) is 26.8. The van der Waals surface area contributed by atoms with E-state index in [9.17, 15) is 9.59 Å². The van der Waals surface area contributed by atoms with Crippen molar-refractivity contribution in [3.8, 4) is 0 Å². The number of anilines is 1. The lowest BCUT2D eigenvalue weighted by Gasteiger charge is -2.30. The van der Waals surface area contributed by atoms with Gasteiger partial charge in [0.1, 0.15) is 5.60 Å². The minimum absolute atomic E-state index is 0.295. The van der Waals surface area contributed by atoms with Crippen LogP contribution in [-0.2, 0) is 24.8 Å². The Labute approximate surface area is 166 Å². The molecule has 2 heterocycles. The predicted octanol–water partition coefficient (Wildman–Crippen LogP) is 3.73.